The molecule has 0 aromatic heterocycles. The predicted octanol–water partition coefficient (Wildman–Crippen LogP) is 6.89. The van der Waals surface area contributed by atoms with Crippen LogP contribution in [0, 0.1) is 0 Å². The number of esters is 2. The molecule has 0 heterocycles. The Hall–Kier alpha value is -2.86. The van der Waals surface area contributed by atoms with Gasteiger partial charge in [0.1, 0.15) is 5.57 Å². The zero-order valence-electron chi connectivity index (χ0n) is 20.3. The minimum absolute atomic E-state index is 0.165. The average molecular weight is 483 g/mol. The molecule has 0 saturated heterocycles. The smallest absolute Gasteiger partial charge is 0.345 e. The molecular weight excluding hydrogens is 448 g/mol. The van der Waals surface area contributed by atoms with Gasteiger partial charge >= 0.3 is 11.9 Å². The third kappa shape index (κ3) is 9.18. The highest BCUT2D eigenvalue weighted by atomic mass is 32.2. The normalized spacial score (nSPS) is 10.4. The third-order valence-electron chi connectivity index (χ3n) is 5.42. The molecule has 0 aliphatic rings. The molecule has 34 heavy (non-hydrogen) atoms. The van der Waals surface area contributed by atoms with Crippen molar-refractivity contribution in [1.82, 2.24) is 0 Å². The molecule has 6 heteroatoms. The lowest BCUT2D eigenvalue weighted by Crippen LogP contribution is -2.15. The van der Waals surface area contributed by atoms with Crippen molar-refractivity contribution in [2.45, 2.75) is 68.1 Å². The number of ketones is 1. The van der Waals surface area contributed by atoms with E-state index in [0.29, 0.717) is 12.0 Å². The van der Waals surface area contributed by atoms with Gasteiger partial charge in [0.2, 0.25) is 0 Å². The number of Topliss-reactive ketones (excluding diaryl/α,β-unsaturated/α-hetero) is 1. The van der Waals surface area contributed by atoms with E-state index in [-0.39, 0.29) is 11.4 Å². The maximum absolute atomic E-state index is 12.4. The van der Waals surface area contributed by atoms with Gasteiger partial charge in [0.15, 0.2) is 5.78 Å². The molecule has 0 unspecified atom stereocenters. The number of hydrogen-bond donors (Lipinski definition) is 0. The second kappa shape index (κ2) is 15.1. The SMILES string of the molecule is CCCCCCCCCC(=O)c1ccc(Sc2ccc(C=C(C(=O)OC)C(=O)OC)cc2)cc1. The molecule has 0 amide bonds. The number of ether oxygens (including phenoxy) is 2. The molecule has 0 fully saturated rings. The number of benzene rings is 2. The Morgan fingerprint density at radius 1 is 0.735 bits per heavy atom. The summed E-state index contributed by atoms with van der Waals surface area (Å²) in [7, 11) is 2.43. The first kappa shape index (κ1) is 27.4. The minimum atomic E-state index is -0.744. The summed E-state index contributed by atoms with van der Waals surface area (Å²) in [5.74, 6) is -1.29. The van der Waals surface area contributed by atoms with Crippen molar-refractivity contribution in [2.75, 3.05) is 14.2 Å². The Labute approximate surface area is 206 Å². The van der Waals surface area contributed by atoms with Gasteiger partial charge < -0.3 is 9.47 Å². The van der Waals surface area contributed by atoms with Crippen LogP contribution in [0.2, 0.25) is 0 Å². The van der Waals surface area contributed by atoms with Gasteiger partial charge in [0, 0.05) is 21.8 Å². The molecule has 0 bridgehead atoms. The molecule has 2 aromatic carbocycles. The van der Waals surface area contributed by atoms with E-state index in [1.807, 2.05) is 48.5 Å². The highest BCUT2D eigenvalue weighted by Gasteiger charge is 2.19. The molecule has 5 nitrogen and oxygen atoms in total. The van der Waals surface area contributed by atoms with Crippen molar-refractivity contribution in [2.24, 2.45) is 0 Å². The summed E-state index contributed by atoms with van der Waals surface area (Å²) >= 11 is 1.57. The van der Waals surface area contributed by atoms with Crippen molar-refractivity contribution in [3.8, 4) is 0 Å². The van der Waals surface area contributed by atoms with Crippen LogP contribution in [0.15, 0.2) is 63.9 Å². The summed E-state index contributed by atoms with van der Waals surface area (Å²) < 4.78 is 9.29. The van der Waals surface area contributed by atoms with Crippen LogP contribution in [0.3, 0.4) is 0 Å². The van der Waals surface area contributed by atoms with Crippen LogP contribution in [0.1, 0.15) is 74.2 Å². The Morgan fingerprint density at radius 3 is 1.76 bits per heavy atom. The van der Waals surface area contributed by atoms with Crippen molar-refractivity contribution >= 4 is 35.6 Å². The van der Waals surface area contributed by atoms with Crippen LogP contribution in [-0.2, 0) is 19.1 Å². The molecule has 0 saturated carbocycles. The average Bonchev–Trinajstić information content (AvgIpc) is 2.87. The van der Waals surface area contributed by atoms with Gasteiger partial charge in [0.05, 0.1) is 14.2 Å². The monoisotopic (exact) mass is 482 g/mol. The standard InChI is InChI=1S/C28H34O5S/c1-4-5-6-7-8-9-10-11-26(29)22-14-18-24(19-15-22)34-23-16-12-21(13-17-23)20-25(27(30)32-2)28(31)33-3/h12-20H,4-11H2,1-3H3. The van der Waals surface area contributed by atoms with Crippen molar-refractivity contribution in [1.29, 1.82) is 0 Å². The molecule has 0 radical (unpaired) electrons. The quantitative estimate of drug-likeness (QED) is 0.0729. The molecule has 0 aliphatic carbocycles. The number of methoxy groups -OCH3 is 2. The number of unbranched alkanes of at least 4 members (excludes halogenated alkanes) is 6. The van der Waals surface area contributed by atoms with E-state index in [2.05, 4.69) is 16.4 Å². The molecule has 0 N–H and O–H groups in total. The molecule has 0 spiro atoms. The van der Waals surface area contributed by atoms with Gasteiger partial charge in [-0.2, -0.15) is 0 Å². The molecule has 0 atom stereocenters. The van der Waals surface area contributed by atoms with E-state index < -0.39 is 11.9 Å². The molecular formula is C28H34O5S. The number of rotatable bonds is 14. The molecule has 182 valence electrons. The summed E-state index contributed by atoms with van der Waals surface area (Å²) in [6.07, 6.45) is 10.5. The van der Waals surface area contributed by atoms with Crippen LogP contribution in [0.5, 0.6) is 0 Å². The first-order valence-electron chi connectivity index (χ1n) is 11.8. The topological polar surface area (TPSA) is 69.7 Å². The van der Waals surface area contributed by atoms with E-state index in [1.54, 1.807) is 11.8 Å². The van der Waals surface area contributed by atoms with E-state index in [9.17, 15) is 14.4 Å². The van der Waals surface area contributed by atoms with Crippen LogP contribution in [0.4, 0.5) is 0 Å². The summed E-state index contributed by atoms with van der Waals surface area (Å²) in [4.78, 5) is 38.1. The van der Waals surface area contributed by atoms with Gasteiger partial charge in [-0.3, -0.25) is 4.79 Å². The number of hydrogen-bond acceptors (Lipinski definition) is 6. The van der Waals surface area contributed by atoms with E-state index in [1.165, 1.54) is 52.4 Å². The Kier molecular flexibility index (Phi) is 12.2. The first-order valence-corrected chi connectivity index (χ1v) is 12.6. The maximum atomic E-state index is 12.4. The van der Waals surface area contributed by atoms with E-state index >= 15 is 0 Å². The zero-order valence-corrected chi connectivity index (χ0v) is 21.1. The van der Waals surface area contributed by atoms with Gasteiger partial charge in [-0.1, -0.05) is 81.5 Å². The van der Waals surface area contributed by atoms with Gasteiger partial charge in [-0.25, -0.2) is 9.59 Å². The van der Waals surface area contributed by atoms with Crippen LogP contribution in [-0.4, -0.2) is 31.9 Å². The lowest BCUT2D eigenvalue weighted by molar-refractivity contribution is -0.143. The molecule has 2 aromatic rings. The third-order valence-corrected chi connectivity index (χ3v) is 6.44. The molecule has 0 aliphatic heterocycles. The van der Waals surface area contributed by atoms with E-state index in [0.717, 1.165) is 28.2 Å². The van der Waals surface area contributed by atoms with Crippen LogP contribution >= 0.6 is 11.8 Å². The predicted molar refractivity (Wildman–Crippen MR) is 136 cm³/mol. The largest absolute Gasteiger partial charge is 0.465 e. The van der Waals surface area contributed by atoms with Gasteiger partial charge in [-0.05, 0) is 42.3 Å². The lowest BCUT2D eigenvalue weighted by atomic mass is 10.0. The number of carbonyl (C=O) groups is 3. The lowest BCUT2D eigenvalue weighted by Gasteiger charge is -2.06. The van der Waals surface area contributed by atoms with Crippen molar-refractivity contribution < 1.29 is 23.9 Å². The summed E-state index contributed by atoms with van der Waals surface area (Å²) in [5.41, 5.74) is 1.28. The highest BCUT2D eigenvalue weighted by Crippen LogP contribution is 2.28. The summed E-state index contributed by atoms with van der Waals surface area (Å²) in [5, 5.41) is 0. The summed E-state index contributed by atoms with van der Waals surface area (Å²) in [6.45, 7) is 2.22. The first-order chi connectivity index (χ1) is 16.5. The van der Waals surface area contributed by atoms with Crippen LogP contribution in [0.25, 0.3) is 6.08 Å². The van der Waals surface area contributed by atoms with Crippen molar-refractivity contribution in [3.63, 3.8) is 0 Å². The fourth-order valence-electron chi connectivity index (χ4n) is 3.45. The molecule has 2 rings (SSSR count). The minimum Gasteiger partial charge on any atom is -0.465 e. The second-order valence-corrected chi connectivity index (χ2v) is 9.18. The summed E-state index contributed by atoms with van der Waals surface area (Å²) in [6, 6.07) is 15.1. The van der Waals surface area contributed by atoms with E-state index in [4.69, 9.17) is 0 Å². The van der Waals surface area contributed by atoms with Crippen molar-refractivity contribution in [3.05, 3.63) is 65.2 Å². The highest BCUT2D eigenvalue weighted by molar-refractivity contribution is 7.99. The number of carbonyl (C=O) groups excluding carboxylic acids is 3. The Bertz CT molecular complexity index is 943. The van der Waals surface area contributed by atoms with Crippen LogP contribution < -0.4 is 0 Å². The second-order valence-electron chi connectivity index (χ2n) is 8.03. The maximum Gasteiger partial charge on any atom is 0.345 e. The van der Waals surface area contributed by atoms with Gasteiger partial charge in [0.25, 0.3) is 0 Å². The Morgan fingerprint density at radius 2 is 1.24 bits per heavy atom. The fourth-order valence-corrected chi connectivity index (χ4v) is 4.27. The van der Waals surface area contributed by atoms with Gasteiger partial charge in [-0.15, -0.1) is 0 Å². The zero-order chi connectivity index (χ0) is 24.8. The fraction of sp³-hybridized carbons (Fsp3) is 0.393. The Balaban J connectivity index is 1.89.